The van der Waals surface area contributed by atoms with E-state index < -0.39 is 28.4 Å². The Morgan fingerprint density at radius 1 is 1.00 bits per heavy atom. The zero-order valence-electron chi connectivity index (χ0n) is 22.3. The van der Waals surface area contributed by atoms with Crippen LogP contribution in [-0.2, 0) is 9.59 Å². The molecule has 0 saturated carbocycles. The van der Waals surface area contributed by atoms with Crippen molar-refractivity contribution in [2.75, 3.05) is 25.6 Å². The van der Waals surface area contributed by atoms with E-state index in [0.717, 1.165) is 16.0 Å². The second-order valence-corrected chi connectivity index (χ2v) is 10.0. The van der Waals surface area contributed by atoms with Crippen LogP contribution in [0.4, 0.5) is 16.2 Å². The number of anilines is 1. The van der Waals surface area contributed by atoms with Gasteiger partial charge in [0.05, 0.1) is 23.5 Å². The monoisotopic (exact) mass is 575 g/mol. The van der Waals surface area contributed by atoms with Crippen molar-refractivity contribution in [1.29, 1.82) is 0 Å². The number of nitrogens with one attached hydrogen (secondary N) is 1. The van der Waals surface area contributed by atoms with Crippen LogP contribution >= 0.6 is 11.8 Å². The number of hydrogen-bond acceptors (Lipinski definition) is 9. The van der Waals surface area contributed by atoms with Gasteiger partial charge in [-0.2, -0.15) is 0 Å². The molecule has 11 nitrogen and oxygen atoms in total. The number of benzene rings is 3. The summed E-state index contributed by atoms with van der Waals surface area (Å²) in [5, 5.41) is 13.0. The summed E-state index contributed by atoms with van der Waals surface area (Å²) in [5.74, 6) is -0.908. The molecule has 3 aromatic rings. The lowest BCUT2D eigenvalue weighted by Crippen LogP contribution is -2.33. The Morgan fingerprint density at radius 2 is 1.73 bits per heavy atom. The fraction of sp³-hybridized carbons (Fsp3) is 0.172. The van der Waals surface area contributed by atoms with Crippen molar-refractivity contribution >= 4 is 52.0 Å². The van der Waals surface area contributed by atoms with Crippen molar-refractivity contribution in [1.82, 2.24) is 4.90 Å². The predicted molar refractivity (Wildman–Crippen MR) is 153 cm³/mol. The number of amides is 3. The first-order valence-corrected chi connectivity index (χ1v) is 13.1. The molecule has 1 fully saturated rings. The third-order valence-electron chi connectivity index (χ3n) is 6.21. The summed E-state index contributed by atoms with van der Waals surface area (Å²) >= 11 is 0.687. The minimum atomic E-state index is -0.641. The number of nitro benzene ring substituents is 1. The normalized spacial score (nSPS) is 13.8. The average Bonchev–Trinajstić information content (AvgIpc) is 3.21. The minimum absolute atomic E-state index is 0.106. The van der Waals surface area contributed by atoms with E-state index in [1.165, 1.54) is 37.5 Å². The lowest BCUT2D eigenvalue weighted by molar-refractivity contribution is -0.384. The molecule has 0 unspecified atom stereocenters. The van der Waals surface area contributed by atoms with Crippen molar-refractivity contribution in [2.24, 2.45) is 0 Å². The maximum absolute atomic E-state index is 12.9. The van der Waals surface area contributed by atoms with Crippen LogP contribution in [0.3, 0.4) is 0 Å². The molecule has 1 aliphatic heterocycles. The van der Waals surface area contributed by atoms with Crippen molar-refractivity contribution in [3.63, 3.8) is 0 Å². The first-order chi connectivity index (χ1) is 19.5. The molecule has 1 aliphatic rings. The van der Waals surface area contributed by atoms with Gasteiger partial charge in [0.1, 0.15) is 0 Å². The Morgan fingerprint density at radius 3 is 2.39 bits per heavy atom. The van der Waals surface area contributed by atoms with E-state index in [9.17, 15) is 29.3 Å². The van der Waals surface area contributed by atoms with Crippen LogP contribution in [0.15, 0.2) is 65.6 Å². The molecule has 0 radical (unpaired) electrons. The molecule has 0 spiro atoms. The highest BCUT2D eigenvalue weighted by Gasteiger charge is 2.36. The molecule has 0 aliphatic carbocycles. The number of carbonyl (C=O) groups is 4. The van der Waals surface area contributed by atoms with Crippen LogP contribution in [0.5, 0.6) is 11.5 Å². The van der Waals surface area contributed by atoms with E-state index in [1.807, 2.05) is 32.0 Å². The van der Waals surface area contributed by atoms with Crippen LogP contribution in [0.2, 0.25) is 0 Å². The quantitative estimate of drug-likeness (QED) is 0.150. The lowest BCUT2D eigenvalue weighted by Gasteiger charge is -2.12. The van der Waals surface area contributed by atoms with Crippen molar-refractivity contribution < 1.29 is 33.6 Å². The molecular formula is C29H25N3O8S. The number of thioether (sulfide) groups is 1. The first kappa shape index (κ1) is 29.0. The number of ether oxygens (including phenoxy) is 2. The smallest absolute Gasteiger partial charge is 0.293 e. The number of ketones is 1. The SMILES string of the molecule is COc1cc(/C=C2/SC(=O)N(CC(=O)c3ccc([N+](=O)[O-])cc3)C2=O)ccc1OCC(=O)Nc1ccc(C)c(C)c1. The highest BCUT2D eigenvalue weighted by Crippen LogP contribution is 2.34. The first-order valence-electron chi connectivity index (χ1n) is 12.3. The number of imide groups is 1. The van der Waals surface area contributed by atoms with Gasteiger partial charge in [-0.15, -0.1) is 0 Å². The summed E-state index contributed by atoms with van der Waals surface area (Å²) in [5.41, 5.74) is 3.32. The minimum Gasteiger partial charge on any atom is -0.493 e. The zero-order chi connectivity index (χ0) is 29.7. The van der Waals surface area contributed by atoms with Crippen LogP contribution in [0.1, 0.15) is 27.0 Å². The maximum atomic E-state index is 12.9. The molecule has 41 heavy (non-hydrogen) atoms. The summed E-state index contributed by atoms with van der Waals surface area (Å²) in [4.78, 5) is 61.5. The third kappa shape index (κ3) is 6.97. The van der Waals surface area contributed by atoms with Crippen molar-refractivity contribution in [3.8, 4) is 11.5 Å². The summed E-state index contributed by atoms with van der Waals surface area (Å²) in [6.07, 6.45) is 1.49. The Labute approximate surface area is 239 Å². The second kappa shape index (κ2) is 12.5. The molecule has 0 atom stereocenters. The second-order valence-electron chi connectivity index (χ2n) is 9.04. The van der Waals surface area contributed by atoms with Gasteiger partial charge in [-0.3, -0.25) is 34.2 Å². The highest BCUT2D eigenvalue weighted by atomic mass is 32.2. The number of Topliss-reactive ketones (excluding diaryl/α,β-unsaturated/α-hetero) is 1. The van der Waals surface area contributed by atoms with Crippen LogP contribution in [0, 0.1) is 24.0 Å². The number of nitro groups is 1. The molecular weight excluding hydrogens is 550 g/mol. The molecule has 0 bridgehead atoms. The van der Waals surface area contributed by atoms with Crippen LogP contribution in [-0.4, -0.2) is 52.9 Å². The molecule has 4 rings (SSSR count). The topological polar surface area (TPSA) is 145 Å². The number of rotatable bonds is 10. The third-order valence-corrected chi connectivity index (χ3v) is 7.12. The van der Waals surface area contributed by atoms with Gasteiger partial charge in [0.2, 0.25) is 0 Å². The Hall–Kier alpha value is -4.97. The number of methoxy groups -OCH3 is 1. The lowest BCUT2D eigenvalue weighted by atomic mass is 10.1. The van der Waals surface area contributed by atoms with Gasteiger partial charge in [-0.05, 0) is 84.8 Å². The maximum Gasteiger partial charge on any atom is 0.293 e. The number of carbonyl (C=O) groups excluding carboxylic acids is 4. The Balaban J connectivity index is 1.40. The number of non-ortho nitro benzene ring substituents is 1. The molecule has 1 saturated heterocycles. The molecule has 12 heteroatoms. The summed E-state index contributed by atoms with van der Waals surface area (Å²) in [6, 6.07) is 15.3. The van der Waals surface area contributed by atoms with Crippen molar-refractivity contribution in [3.05, 3.63) is 97.9 Å². The fourth-order valence-corrected chi connectivity index (χ4v) is 4.68. The van der Waals surface area contributed by atoms with Gasteiger partial charge < -0.3 is 14.8 Å². The van der Waals surface area contributed by atoms with Crippen LogP contribution in [0.25, 0.3) is 6.08 Å². The van der Waals surface area contributed by atoms with Gasteiger partial charge in [-0.25, -0.2) is 0 Å². The van der Waals surface area contributed by atoms with Crippen molar-refractivity contribution in [2.45, 2.75) is 13.8 Å². The van der Waals surface area contributed by atoms with Gasteiger partial charge >= 0.3 is 0 Å². The van der Waals surface area contributed by atoms with E-state index in [0.29, 0.717) is 34.5 Å². The largest absolute Gasteiger partial charge is 0.493 e. The molecule has 210 valence electrons. The van der Waals surface area contributed by atoms with Gasteiger partial charge in [0, 0.05) is 23.4 Å². The predicted octanol–water partition coefficient (Wildman–Crippen LogP) is 5.16. The standard InChI is InChI=1S/C29H25N3O8S/c1-17-4-8-21(12-18(17)2)30-27(34)16-40-24-11-5-19(13-25(24)39-3)14-26-28(35)31(29(36)41-26)15-23(33)20-6-9-22(10-7-20)32(37)38/h4-14H,15-16H2,1-3H3,(H,30,34)/b26-14+. The van der Waals surface area contributed by atoms with E-state index >= 15 is 0 Å². The van der Waals surface area contributed by atoms with Gasteiger partial charge in [0.25, 0.3) is 22.7 Å². The molecule has 1 heterocycles. The summed E-state index contributed by atoms with van der Waals surface area (Å²) in [6.45, 7) is 3.18. The van der Waals surface area contributed by atoms with Crippen LogP contribution < -0.4 is 14.8 Å². The molecule has 3 amide bonds. The molecule has 3 aromatic carbocycles. The Kier molecular flexibility index (Phi) is 8.83. The molecule has 0 aromatic heterocycles. The summed E-state index contributed by atoms with van der Waals surface area (Å²) in [7, 11) is 1.43. The molecule has 1 N–H and O–H groups in total. The van der Waals surface area contributed by atoms with E-state index in [2.05, 4.69) is 5.32 Å². The number of nitrogens with zero attached hydrogens (tertiary/aromatic N) is 2. The summed E-state index contributed by atoms with van der Waals surface area (Å²) < 4.78 is 11.0. The fourth-order valence-electron chi connectivity index (χ4n) is 3.84. The van der Waals surface area contributed by atoms with Gasteiger partial charge in [0.15, 0.2) is 23.9 Å². The Bertz CT molecular complexity index is 1580. The average molecular weight is 576 g/mol. The van der Waals surface area contributed by atoms with E-state index in [1.54, 1.807) is 18.2 Å². The van der Waals surface area contributed by atoms with Gasteiger partial charge in [-0.1, -0.05) is 12.1 Å². The highest BCUT2D eigenvalue weighted by molar-refractivity contribution is 8.18. The van der Waals surface area contributed by atoms with E-state index in [4.69, 9.17) is 9.47 Å². The zero-order valence-corrected chi connectivity index (χ0v) is 23.2. The number of hydrogen-bond donors (Lipinski definition) is 1. The van der Waals surface area contributed by atoms with E-state index in [-0.39, 0.29) is 28.7 Å². The number of aryl methyl sites for hydroxylation is 2.